The van der Waals surface area contributed by atoms with Gasteiger partial charge in [0.25, 0.3) is 0 Å². The summed E-state index contributed by atoms with van der Waals surface area (Å²) in [5.74, 6) is 2.59. The van der Waals surface area contributed by atoms with E-state index in [-0.39, 0.29) is 0 Å². The molecule has 1 aliphatic heterocycles. The zero-order valence-electron chi connectivity index (χ0n) is 8.95. The second kappa shape index (κ2) is 3.15. The molecule has 1 heteroatoms. The fraction of sp³-hybridized carbons (Fsp3) is 0.692. The van der Waals surface area contributed by atoms with Crippen LogP contribution in [0.4, 0.5) is 0 Å². The van der Waals surface area contributed by atoms with E-state index in [1.807, 2.05) is 0 Å². The lowest BCUT2D eigenvalue weighted by atomic mass is 9.91. The Labute approximate surface area is 86.5 Å². The van der Waals surface area contributed by atoms with Crippen molar-refractivity contribution >= 4 is 0 Å². The van der Waals surface area contributed by atoms with E-state index in [9.17, 15) is 0 Å². The van der Waals surface area contributed by atoms with Crippen LogP contribution >= 0.6 is 0 Å². The smallest absolute Gasteiger partial charge is 0.0244 e. The minimum atomic E-state index is 0.816. The molecule has 1 saturated carbocycles. The summed E-state index contributed by atoms with van der Waals surface area (Å²) in [6, 6.07) is 0. The maximum atomic E-state index is 2.55. The Hall–Kier alpha value is -0.720. The van der Waals surface area contributed by atoms with Gasteiger partial charge in [0.15, 0.2) is 0 Å². The van der Waals surface area contributed by atoms with Crippen molar-refractivity contribution in [3.8, 4) is 0 Å². The fourth-order valence-electron chi connectivity index (χ4n) is 3.26. The molecule has 0 radical (unpaired) electrons. The van der Waals surface area contributed by atoms with E-state index in [0.717, 1.165) is 17.8 Å². The second-order valence-electron chi connectivity index (χ2n) is 4.98. The van der Waals surface area contributed by atoms with Crippen LogP contribution in [0.25, 0.3) is 0 Å². The predicted molar refractivity (Wildman–Crippen MR) is 58.8 cm³/mol. The maximum Gasteiger partial charge on any atom is 0.0244 e. The first kappa shape index (κ1) is 8.58. The van der Waals surface area contributed by atoms with Gasteiger partial charge in [-0.2, -0.15) is 0 Å². The summed E-state index contributed by atoms with van der Waals surface area (Å²) < 4.78 is 0. The molecule has 1 fully saturated rings. The van der Waals surface area contributed by atoms with Gasteiger partial charge in [0.05, 0.1) is 0 Å². The lowest BCUT2D eigenvalue weighted by molar-refractivity contribution is 0.336. The Morgan fingerprint density at radius 2 is 2.36 bits per heavy atom. The average molecular weight is 189 g/mol. The molecule has 0 aromatic carbocycles. The minimum absolute atomic E-state index is 0.816. The lowest BCUT2D eigenvalue weighted by Crippen LogP contribution is -2.22. The molecule has 0 saturated heterocycles. The monoisotopic (exact) mass is 189 g/mol. The highest BCUT2D eigenvalue weighted by atomic mass is 15.1. The molecule has 1 heterocycles. The maximum absolute atomic E-state index is 2.55. The van der Waals surface area contributed by atoms with Crippen molar-refractivity contribution in [3.63, 3.8) is 0 Å². The molecule has 1 nitrogen and oxygen atoms in total. The van der Waals surface area contributed by atoms with Gasteiger partial charge in [-0.05, 0) is 30.5 Å². The molecular formula is C13H19N. The number of hydrogen-bond donors (Lipinski definition) is 0. The highest BCUT2D eigenvalue weighted by Crippen LogP contribution is 2.50. The number of fused-ring (bicyclic) bond motifs is 5. The van der Waals surface area contributed by atoms with Crippen LogP contribution in [-0.2, 0) is 0 Å². The Kier molecular flexibility index (Phi) is 1.93. The van der Waals surface area contributed by atoms with E-state index < -0.39 is 0 Å². The van der Waals surface area contributed by atoms with Gasteiger partial charge in [-0.25, -0.2) is 0 Å². The molecule has 0 aromatic heterocycles. The largest absolute Gasteiger partial charge is 0.377 e. The zero-order chi connectivity index (χ0) is 9.54. The number of rotatable bonds is 3. The third-order valence-electron chi connectivity index (χ3n) is 4.05. The van der Waals surface area contributed by atoms with Crippen molar-refractivity contribution in [2.45, 2.75) is 26.2 Å². The Balaban J connectivity index is 1.70. The van der Waals surface area contributed by atoms with E-state index in [1.165, 1.54) is 32.4 Å². The van der Waals surface area contributed by atoms with Gasteiger partial charge in [0, 0.05) is 24.9 Å². The van der Waals surface area contributed by atoms with Gasteiger partial charge >= 0.3 is 0 Å². The molecule has 3 atom stereocenters. The molecule has 0 N–H and O–H groups in total. The first-order valence-electron chi connectivity index (χ1n) is 6.02. The standard InChI is InChI=1S/C13H19N/c1-2-3-6-14-8-12-10-4-5-11(7-10)13(12)9-14/h4-5,8,10-11,13H,2-3,6-7,9H2,1H3. The number of hydrogen-bond acceptors (Lipinski definition) is 1. The summed E-state index contributed by atoms with van der Waals surface area (Å²) in [4.78, 5) is 2.55. The van der Waals surface area contributed by atoms with Crippen LogP contribution in [0, 0.1) is 17.8 Å². The summed E-state index contributed by atoms with van der Waals surface area (Å²) in [6.45, 7) is 4.85. The van der Waals surface area contributed by atoms with Gasteiger partial charge in [-0.3, -0.25) is 0 Å². The SMILES string of the molecule is CCCCN1C=C2C3C=CC(C3)C2C1. The van der Waals surface area contributed by atoms with Crippen LogP contribution in [0.5, 0.6) is 0 Å². The van der Waals surface area contributed by atoms with Crippen molar-refractivity contribution in [1.29, 1.82) is 0 Å². The van der Waals surface area contributed by atoms with E-state index in [4.69, 9.17) is 0 Å². The van der Waals surface area contributed by atoms with E-state index >= 15 is 0 Å². The highest BCUT2D eigenvalue weighted by Gasteiger charge is 2.43. The van der Waals surface area contributed by atoms with Gasteiger partial charge in [-0.1, -0.05) is 25.5 Å². The molecule has 0 spiro atoms. The van der Waals surface area contributed by atoms with Gasteiger partial charge < -0.3 is 4.90 Å². The van der Waals surface area contributed by atoms with Gasteiger partial charge in [0.1, 0.15) is 0 Å². The second-order valence-corrected chi connectivity index (χ2v) is 4.98. The Morgan fingerprint density at radius 1 is 1.43 bits per heavy atom. The Morgan fingerprint density at radius 3 is 3.14 bits per heavy atom. The van der Waals surface area contributed by atoms with Crippen molar-refractivity contribution in [2.75, 3.05) is 13.1 Å². The summed E-state index contributed by atoms with van der Waals surface area (Å²) in [7, 11) is 0. The van der Waals surface area contributed by atoms with Crippen LogP contribution < -0.4 is 0 Å². The molecule has 3 aliphatic rings. The molecule has 76 valence electrons. The minimum Gasteiger partial charge on any atom is -0.377 e. The van der Waals surface area contributed by atoms with Gasteiger partial charge in [-0.15, -0.1) is 0 Å². The average Bonchev–Trinajstić information content (AvgIpc) is 2.85. The first-order valence-corrected chi connectivity index (χ1v) is 6.02. The van der Waals surface area contributed by atoms with Crippen LogP contribution in [0.15, 0.2) is 23.9 Å². The molecule has 0 aromatic rings. The molecule has 2 bridgehead atoms. The molecule has 2 aliphatic carbocycles. The third kappa shape index (κ3) is 1.14. The third-order valence-corrected chi connectivity index (χ3v) is 4.05. The fourth-order valence-corrected chi connectivity index (χ4v) is 3.26. The van der Waals surface area contributed by atoms with Crippen molar-refractivity contribution in [3.05, 3.63) is 23.9 Å². The summed E-state index contributed by atoms with van der Waals surface area (Å²) in [6.07, 6.45) is 11.4. The van der Waals surface area contributed by atoms with Crippen molar-refractivity contribution < 1.29 is 0 Å². The normalized spacial score (nSPS) is 37.9. The zero-order valence-corrected chi connectivity index (χ0v) is 8.95. The molecule has 3 unspecified atom stereocenters. The topological polar surface area (TPSA) is 3.24 Å². The van der Waals surface area contributed by atoms with Gasteiger partial charge in [0.2, 0.25) is 0 Å². The summed E-state index contributed by atoms with van der Waals surface area (Å²) in [5, 5.41) is 0. The van der Waals surface area contributed by atoms with E-state index in [2.05, 4.69) is 30.2 Å². The quantitative estimate of drug-likeness (QED) is 0.617. The van der Waals surface area contributed by atoms with Crippen LogP contribution in [-0.4, -0.2) is 18.0 Å². The molecule has 14 heavy (non-hydrogen) atoms. The predicted octanol–water partition coefficient (Wildman–Crippen LogP) is 2.81. The van der Waals surface area contributed by atoms with Crippen LogP contribution in [0.2, 0.25) is 0 Å². The highest BCUT2D eigenvalue weighted by molar-refractivity contribution is 5.33. The van der Waals surface area contributed by atoms with E-state index in [0.29, 0.717) is 0 Å². The molecular weight excluding hydrogens is 170 g/mol. The first-order chi connectivity index (χ1) is 6.88. The Bertz CT molecular complexity index is 290. The van der Waals surface area contributed by atoms with Crippen molar-refractivity contribution in [2.24, 2.45) is 17.8 Å². The van der Waals surface area contributed by atoms with Crippen LogP contribution in [0.1, 0.15) is 26.2 Å². The summed E-state index contributed by atoms with van der Waals surface area (Å²) >= 11 is 0. The van der Waals surface area contributed by atoms with Crippen molar-refractivity contribution in [1.82, 2.24) is 4.90 Å². The number of allylic oxidation sites excluding steroid dienone is 2. The lowest BCUT2D eigenvalue weighted by Gasteiger charge is -2.19. The molecule has 3 rings (SSSR count). The number of unbranched alkanes of at least 4 members (excludes halogenated alkanes) is 1. The molecule has 0 amide bonds. The van der Waals surface area contributed by atoms with Crippen LogP contribution in [0.3, 0.4) is 0 Å². The number of nitrogens with zero attached hydrogens (tertiary/aromatic N) is 1. The summed E-state index contributed by atoms with van der Waals surface area (Å²) in [5.41, 5.74) is 1.74. The van der Waals surface area contributed by atoms with E-state index in [1.54, 1.807) is 5.57 Å².